The van der Waals surface area contributed by atoms with Crippen LogP contribution in [0.1, 0.15) is 41.4 Å². The number of nitrogens with one attached hydrogen (secondary N) is 1. The van der Waals surface area contributed by atoms with Crippen LogP contribution in [0.3, 0.4) is 0 Å². The van der Waals surface area contributed by atoms with Crippen molar-refractivity contribution in [2.75, 3.05) is 16.8 Å². The second-order valence-corrected chi connectivity index (χ2v) is 6.63. The molecule has 0 fully saturated rings. The first-order chi connectivity index (χ1) is 11.2. The monoisotopic (exact) mass is 328 g/mol. The summed E-state index contributed by atoms with van der Waals surface area (Å²) >= 11 is 1.46. The molecule has 0 spiro atoms. The van der Waals surface area contributed by atoms with Crippen LogP contribution in [0.4, 0.5) is 11.4 Å². The van der Waals surface area contributed by atoms with Crippen LogP contribution >= 0.6 is 11.3 Å². The third kappa shape index (κ3) is 3.45. The van der Waals surface area contributed by atoms with E-state index in [1.807, 2.05) is 47.5 Å². The maximum Gasteiger partial charge on any atom is 0.268 e. The Hall–Kier alpha value is -2.14. The first kappa shape index (κ1) is 15.7. The third-order valence-electron chi connectivity index (χ3n) is 3.94. The predicted molar refractivity (Wildman–Crippen MR) is 94.3 cm³/mol. The van der Waals surface area contributed by atoms with Crippen molar-refractivity contribution >= 4 is 34.5 Å². The zero-order chi connectivity index (χ0) is 16.2. The molecule has 0 atom stereocenters. The summed E-state index contributed by atoms with van der Waals surface area (Å²) in [5.41, 5.74) is 2.84. The van der Waals surface area contributed by atoms with E-state index in [0.717, 1.165) is 47.6 Å². The van der Waals surface area contributed by atoms with E-state index in [0.29, 0.717) is 6.42 Å². The van der Waals surface area contributed by atoms with E-state index in [1.165, 1.54) is 11.3 Å². The lowest BCUT2D eigenvalue weighted by Gasteiger charge is -2.29. The molecule has 2 aromatic rings. The number of amides is 2. The maximum atomic E-state index is 12.7. The Bertz CT molecular complexity index is 710. The van der Waals surface area contributed by atoms with E-state index < -0.39 is 0 Å². The first-order valence-electron chi connectivity index (χ1n) is 7.97. The Balaban J connectivity index is 1.87. The van der Waals surface area contributed by atoms with Gasteiger partial charge in [0.05, 0.1) is 4.88 Å². The molecule has 0 saturated carbocycles. The summed E-state index contributed by atoms with van der Waals surface area (Å²) in [6.07, 6.45) is 3.26. The molecule has 3 rings (SSSR count). The molecular formula is C18H20N2O2S. The van der Waals surface area contributed by atoms with E-state index in [1.54, 1.807) is 0 Å². The topological polar surface area (TPSA) is 49.4 Å². The zero-order valence-corrected chi connectivity index (χ0v) is 14.0. The second-order valence-electron chi connectivity index (χ2n) is 5.68. The highest BCUT2D eigenvalue weighted by atomic mass is 32.1. The van der Waals surface area contributed by atoms with Gasteiger partial charge in [-0.15, -0.1) is 11.3 Å². The quantitative estimate of drug-likeness (QED) is 0.919. The zero-order valence-electron chi connectivity index (χ0n) is 13.2. The van der Waals surface area contributed by atoms with Crippen LogP contribution in [0.5, 0.6) is 0 Å². The summed E-state index contributed by atoms with van der Waals surface area (Å²) in [5, 5.41) is 4.83. The number of rotatable bonds is 4. The number of hydrogen-bond donors (Lipinski definition) is 1. The highest BCUT2D eigenvalue weighted by Gasteiger charge is 2.24. The van der Waals surface area contributed by atoms with Crippen LogP contribution in [0.25, 0.3) is 0 Å². The van der Waals surface area contributed by atoms with Crippen molar-refractivity contribution < 1.29 is 9.59 Å². The largest absolute Gasteiger partial charge is 0.326 e. The lowest BCUT2D eigenvalue weighted by atomic mass is 10.0. The summed E-state index contributed by atoms with van der Waals surface area (Å²) in [6.45, 7) is 2.70. The van der Waals surface area contributed by atoms with E-state index in [9.17, 15) is 9.59 Å². The average molecular weight is 328 g/mol. The molecule has 1 aliphatic heterocycles. The lowest BCUT2D eigenvalue weighted by Crippen LogP contribution is -2.35. The summed E-state index contributed by atoms with van der Waals surface area (Å²) in [5.74, 6) is 0.0531. The fourth-order valence-electron chi connectivity index (χ4n) is 2.85. The number of fused-ring (bicyclic) bond motifs is 1. The van der Waals surface area contributed by atoms with Gasteiger partial charge in [0.25, 0.3) is 5.91 Å². The lowest BCUT2D eigenvalue weighted by molar-refractivity contribution is -0.116. The molecule has 4 nitrogen and oxygen atoms in total. The molecule has 1 aliphatic rings. The number of anilines is 2. The molecule has 2 heterocycles. The highest BCUT2D eigenvalue weighted by molar-refractivity contribution is 7.12. The van der Waals surface area contributed by atoms with Crippen molar-refractivity contribution in [2.45, 2.75) is 32.6 Å². The van der Waals surface area contributed by atoms with Gasteiger partial charge < -0.3 is 10.2 Å². The Labute approximate surface area is 140 Å². The van der Waals surface area contributed by atoms with Gasteiger partial charge in [-0.05, 0) is 48.4 Å². The van der Waals surface area contributed by atoms with Gasteiger partial charge in [-0.2, -0.15) is 0 Å². The fraction of sp³-hybridized carbons (Fsp3) is 0.333. The van der Waals surface area contributed by atoms with Crippen LogP contribution in [-0.4, -0.2) is 18.4 Å². The van der Waals surface area contributed by atoms with Crippen molar-refractivity contribution in [2.24, 2.45) is 0 Å². The Morgan fingerprint density at radius 3 is 2.91 bits per heavy atom. The maximum absolute atomic E-state index is 12.7. The molecule has 1 N–H and O–H groups in total. The molecule has 0 bridgehead atoms. The van der Waals surface area contributed by atoms with Gasteiger partial charge in [-0.1, -0.05) is 19.1 Å². The van der Waals surface area contributed by atoms with Crippen molar-refractivity contribution in [3.63, 3.8) is 0 Å². The van der Waals surface area contributed by atoms with Gasteiger partial charge in [-0.25, -0.2) is 0 Å². The molecule has 0 radical (unpaired) electrons. The van der Waals surface area contributed by atoms with Gasteiger partial charge in [0.15, 0.2) is 0 Å². The number of nitrogens with zero attached hydrogens (tertiary/aromatic N) is 1. The number of carbonyl (C=O) groups excluding carboxylic acids is 2. The van der Waals surface area contributed by atoms with Crippen LogP contribution in [0, 0.1) is 0 Å². The minimum Gasteiger partial charge on any atom is -0.326 e. The average Bonchev–Trinajstić information content (AvgIpc) is 3.08. The van der Waals surface area contributed by atoms with Gasteiger partial charge in [0.1, 0.15) is 0 Å². The van der Waals surface area contributed by atoms with Crippen LogP contribution < -0.4 is 10.2 Å². The second kappa shape index (κ2) is 6.96. The van der Waals surface area contributed by atoms with Crippen molar-refractivity contribution in [1.82, 2.24) is 0 Å². The summed E-state index contributed by atoms with van der Waals surface area (Å²) in [4.78, 5) is 27.1. The van der Waals surface area contributed by atoms with E-state index >= 15 is 0 Å². The van der Waals surface area contributed by atoms with Gasteiger partial charge in [0, 0.05) is 24.3 Å². The minimum absolute atomic E-state index is 0.0133. The van der Waals surface area contributed by atoms with Gasteiger partial charge in [0.2, 0.25) is 5.91 Å². The van der Waals surface area contributed by atoms with Crippen molar-refractivity contribution in [3.8, 4) is 0 Å². The Morgan fingerprint density at radius 2 is 2.17 bits per heavy atom. The molecule has 0 aliphatic carbocycles. The smallest absolute Gasteiger partial charge is 0.268 e. The number of aryl methyl sites for hydroxylation is 1. The van der Waals surface area contributed by atoms with Crippen LogP contribution in [0.2, 0.25) is 0 Å². The van der Waals surface area contributed by atoms with Crippen LogP contribution in [-0.2, 0) is 11.2 Å². The van der Waals surface area contributed by atoms with Crippen LogP contribution in [0.15, 0.2) is 35.7 Å². The first-order valence-corrected chi connectivity index (χ1v) is 8.85. The molecule has 2 amide bonds. The SMILES string of the molecule is CCCC(=O)Nc1ccc2c(c1)N(C(=O)c1cccs1)CCC2. The normalized spacial score (nSPS) is 13.5. The van der Waals surface area contributed by atoms with Crippen molar-refractivity contribution in [3.05, 3.63) is 46.2 Å². The molecule has 23 heavy (non-hydrogen) atoms. The predicted octanol–water partition coefficient (Wildman–Crippen LogP) is 4.08. The molecule has 0 unspecified atom stereocenters. The number of carbonyl (C=O) groups is 2. The van der Waals surface area contributed by atoms with Gasteiger partial charge >= 0.3 is 0 Å². The highest BCUT2D eigenvalue weighted by Crippen LogP contribution is 2.31. The molecular weight excluding hydrogens is 308 g/mol. The molecule has 5 heteroatoms. The van der Waals surface area contributed by atoms with E-state index in [-0.39, 0.29) is 11.8 Å². The van der Waals surface area contributed by atoms with Gasteiger partial charge in [-0.3, -0.25) is 9.59 Å². The molecule has 1 aromatic heterocycles. The molecule has 120 valence electrons. The Morgan fingerprint density at radius 1 is 1.30 bits per heavy atom. The summed E-state index contributed by atoms with van der Waals surface area (Å²) in [6, 6.07) is 9.61. The van der Waals surface area contributed by atoms with E-state index in [2.05, 4.69) is 5.32 Å². The summed E-state index contributed by atoms with van der Waals surface area (Å²) in [7, 11) is 0. The third-order valence-corrected chi connectivity index (χ3v) is 4.80. The number of thiophene rings is 1. The Kier molecular flexibility index (Phi) is 4.76. The standard InChI is InChI=1S/C18H20N2O2S/c1-2-5-17(21)19-14-9-8-13-6-3-10-20(15(13)12-14)18(22)16-7-4-11-23-16/h4,7-9,11-12H,2-3,5-6,10H2,1H3,(H,19,21). The summed E-state index contributed by atoms with van der Waals surface area (Å²) < 4.78 is 0. The number of hydrogen-bond acceptors (Lipinski definition) is 3. The van der Waals surface area contributed by atoms with E-state index in [4.69, 9.17) is 0 Å². The molecule has 1 aromatic carbocycles. The van der Waals surface area contributed by atoms with Crippen molar-refractivity contribution in [1.29, 1.82) is 0 Å². The minimum atomic E-state index is 0.0133. The fourth-order valence-corrected chi connectivity index (χ4v) is 3.52. The number of benzene rings is 1. The molecule has 0 saturated heterocycles.